The van der Waals surface area contributed by atoms with Gasteiger partial charge in [0.05, 0.1) is 12.6 Å². The Kier molecular flexibility index (Phi) is 4.53. The van der Waals surface area contributed by atoms with E-state index in [0.29, 0.717) is 6.61 Å². The van der Waals surface area contributed by atoms with Gasteiger partial charge in [0, 0.05) is 25.2 Å². The Hall–Kier alpha value is -1.42. The Labute approximate surface area is 119 Å². The lowest BCUT2D eigenvalue weighted by Gasteiger charge is -2.24. The SMILES string of the molecule is Cl.O=C1N[C@@H](c2ccc(N3CCCC3)cc2)CCO1. The Morgan fingerprint density at radius 2 is 1.84 bits per heavy atom. The van der Waals surface area contributed by atoms with E-state index in [1.807, 2.05) is 0 Å². The second-order valence-electron chi connectivity index (χ2n) is 4.91. The van der Waals surface area contributed by atoms with Crippen LogP contribution < -0.4 is 10.2 Å². The molecule has 1 amide bonds. The summed E-state index contributed by atoms with van der Waals surface area (Å²) in [6, 6.07) is 8.64. The number of amides is 1. The van der Waals surface area contributed by atoms with E-state index in [-0.39, 0.29) is 24.5 Å². The summed E-state index contributed by atoms with van der Waals surface area (Å²) in [5, 5.41) is 2.85. The molecule has 0 radical (unpaired) electrons. The topological polar surface area (TPSA) is 41.6 Å². The molecule has 0 aromatic heterocycles. The monoisotopic (exact) mass is 282 g/mol. The average molecular weight is 283 g/mol. The van der Waals surface area contributed by atoms with Crippen LogP contribution in [0.1, 0.15) is 30.9 Å². The number of hydrogen-bond acceptors (Lipinski definition) is 3. The van der Waals surface area contributed by atoms with Gasteiger partial charge in [0.2, 0.25) is 0 Å². The number of carbonyl (C=O) groups excluding carboxylic acids is 1. The van der Waals surface area contributed by atoms with Gasteiger partial charge >= 0.3 is 6.09 Å². The van der Waals surface area contributed by atoms with Gasteiger partial charge in [-0.1, -0.05) is 12.1 Å². The average Bonchev–Trinajstić information content (AvgIpc) is 2.93. The van der Waals surface area contributed by atoms with Gasteiger partial charge in [-0.25, -0.2) is 4.79 Å². The van der Waals surface area contributed by atoms with Crippen LogP contribution in [-0.2, 0) is 4.74 Å². The molecular formula is C14H19ClN2O2. The van der Waals surface area contributed by atoms with Crippen molar-refractivity contribution in [3.63, 3.8) is 0 Å². The van der Waals surface area contributed by atoms with Crippen LogP contribution in [0.4, 0.5) is 10.5 Å². The third-order valence-corrected chi connectivity index (χ3v) is 3.70. The molecule has 5 heteroatoms. The number of benzene rings is 1. The maximum Gasteiger partial charge on any atom is 0.407 e. The normalized spacial score (nSPS) is 22.4. The van der Waals surface area contributed by atoms with Gasteiger partial charge in [-0.05, 0) is 30.5 Å². The summed E-state index contributed by atoms with van der Waals surface area (Å²) in [5.74, 6) is 0. The molecule has 0 saturated carbocycles. The van der Waals surface area contributed by atoms with Crippen LogP contribution in [0.2, 0.25) is 0 Å². The number of nitrogens with zero attached hydrogens (tertiary/aromatic N) is 1. The number of hydrogen-bond donors (Lipinski definition) is 1. The van der Waals surface area contributed by atoms with Gasteiger partial charge in [0.1, 0.15) is 0 Å². The van der Waals surface area contributed by atoms with Gasteiger partial charge in [0.15, 0.2) is 0 Å². The molecule has 1 atom stereocenters. The molecular weight excluding hydrogens is 264 g/mol. The van der Waals surface area contributed by atoms with Crippen LogP contribution in [0.25, 0.3) is 0 Å². The van der Waals surface area contributed by atoms with E-state index in [9.17, 15) is 4.79 Å². The lowest BCUT2D eigenvalue weighted by atomic mass is 10.0. The zero-order valence-electron chi connectivity index (χ0n) is 10.8. The van der Waals surface area contributed by atoms with Crippen molar-refractivity contribution in [1.82, 2.24) is 5.32 Å². The first kappa shape index (κ1) is 14.0. The first-order valence-corrected chi connectivity index (χ1v) is 6.61. The molecule has 1 aromatic rings. The number of anilines is 1. The highest BCUT2D eigenvalue weighted by Gasteiger charge is 2.21. The quantitative estimate of drug-likeness (QED) is 0.907. The second-order valence-corrected chi connectivity index (χ2v) is 4.91. The zero-order valence-corrected chi connectivity index (χ0v) is 11.6. The van der Waals surface area contributed by atoms with Gasteiger partial charge < -0.3 is 15.0 Å². The number of cyclic esters (lactones) is 1. The molecule has 0 bridgehead atoms. The predicted octanol–water partition coefficient (Wildman–Crippen LogP) is 2.88. The van der Waals surface area contributed by atoms with E-state index in [1.165, 1.54) is 18.5 Å². The van der Waals surface area contributed by atoms with Crippen LogP contribution in [-0.4, -0.2) is 25.8 Å². The van der Waals surface area contributed by atoms with Gasteiger partial charge in [0.25, 0.3) is 0 Å². The lowest BCUT2D eigenvalue weighted by Crippen LogP contribution is -2.35. The van der Waals surface area contributed by atoms with Crippen molar-refractivity contribution in [2.24, 2.45) is 0 Å². The van der Waals surface area contributed by atoms with E-state index < -0.39 is 0 Å². The molecule has 4 nitrogen and oxygen atoms in total. The number of nitrogens with one attached hydrogen (secondary N) is 1. The summed E-state index contributed by atoms with van der Waals surface area (Å²) in [4.78, 5) is 13.6. The lowest BCUT2D eigenvalue weighted by molar-refractivity contribution is 0.115. The highest BCUT2D eigenvalue weighted by Crippen LogP contribution is 2.25. The first-order chi connectivity index (χ1) is 8.83. The predicted molar refractivity (Wildman–Crippen MR) is 77.0 cm³/mol. The summed E-state index contributed by atoms with van der Waals surface area (Å²) in [5.41, 5.74) is 2.45. The number of alkyl carbamates (subject to hydrolysis) is 1. The van der Waals surface area contributed by atoms with Crippen molar-refractivity contribution in [2.45, 2.75) is 25.3 Å². The molecule has 2 aliphatic rings. The Morgan fingerprint density at radius 1 is 1.16 bits per heavy atom. The fourth-order valence-electron chi connectivity index (χ4n) is 2.67. The molecule has 19 heavy (non-hydrogen) atoms. The van der Waals surface area contributed by atoms with Crippen LogP contribution in [0, 0.1) is 0 Å². The summed E-state index contributed by atoms with van der Waals surface area (Å²) < 4.78 is 4.88. The van der Waals surface area contributed by atoms with E-state index in [1.54, 1.807) is 0 Å². The van der Waals surface area contributed by atoms with Crippen molar-refractivity contribution in [3.05, 3.63) is 29.8 Å². The van der Waals surface area contributed by atoms with Crippen molar-refractivity contribution >= 4 is 24.2 Å². The smallest absolute Gasteiger partial charge is 0.407 e. The van der Waals surface area contributed by atoms with Crippen molar-refractivity contribution < 1.29 is 9.53 Å². The molecule has 2 saturated heterocycles. The fourth-order valence-corrected chi connectivity index (χ4v) is 2.67. The Bertz CT molecular complexity index is 430. The van der Waals surface area contributed by atoms with Gasteiger partial charge in [-0.15, -0.1) is 12.4 Å². The maximum absolute atomic E-state index is 11.2. The van der Waals surface area contributed by atoms with Gasteiger partial charge in [-0.3, -0.25) is 0 Å². The van der Waals surface area contributed by atoms with Crippen LogP contribution in [0.5, 0.6) is 0 Å². The highest BCUT2D eigenvalue weighted by molar-refractivity contribution is 5.85. The van der Waals surface area contributed by atoms with E-state index in [4.69, 9.17) is 4.74 Å². The minimum atomic E-state index is -0.310. The summed E-state index contributed by atoms with van der Waals surface area (Å²) in [6.45, 7) is 2.82. The number of ether oxygens (including phenoxy) is 1. The second kappa shape index (κ2) is 6.15. The minimum Gasteiger partial charge on any atom is -0.449 e. The largest absolute Gasteiger partial charge is 0.449 e. The zero-order chi connectivity index (χ0) is 12.4. The van der Waals surface area contributed by atoms with Crippen LogP contribution in [0.15, 0.2) is 24.3 Å². The molecule has 0 spiro atoms. The van der Waals surface area contributed by atoms with Gasteiger partial charge in [-0.2, -0.15) is 0 Å². The van der Waals surface area contributed by atoms with E-state index in [0.717, 1.165) is 25.1 Å². The first-order valence-electron chi connectivity index (χ1n) is 6.61. The van der Waals surface area contributed by atoms with Crippen molar-refractivity contribution in [3.8, 4) is 0 Å². The molecule has 3 rings (SSSR count). The highest BCUT2D eigenvalue weighted by atomic mass is 35.5. The van der Waals surface area contributed by atoms with Crippen LogP contribution in [0.3, 0.4) is 0 Å². The number of halogens is 1. The standard InChI is InChI=1S/C14H18N2O2.ClH/c17-14-15-13(7-10-18-14)11-3-5-12(6-4-11)16-8-1-2-9-16;/h3-6,13H,1-2,7-10H2,(H,15,17);1H/t13-;/m1./s1. The minimum absolute atomic E-state index is 0. The van der Waals surface area contributed by atoms with Crippen molar-refractivity contribution in [2.75, 3.05) is 24.6 Å². The molecule has 0 aliphatic carbocycles. The molecule has 2 aliphatic heterocycles. The Morgan fingerprint density at radius 3 is 2.47 bits per heavy atom. The molecule has 2 heterocycles. The third kappa shape index (κ3) is 3.13. The molecule has 1 N–H and O–H groups in total. The third-order valence-electron chi connectivity index (χ3n) is 3.70. The van der Waals surface area contributed by atoms with E-state index >= 15 is 0 Å². The maximum atomic E-state index is 11.2. The Balaban J connectivity index is 0.00000133. The molecule has 2 fully saturated rings. The van der Waals surface area contributed by atoms with Crippen molar-refractivity contribution in [1.29, 1.82) is 0 Å². The van der Waals surface area contributed by atoms with Crippen LogP contribution >= 0.6 is 12.4 Å². The summed E-state index contributed by atoms with van der Waals surface area (Å²) in [7, 11) is 0. The fraction of sp³-hybridized carbons (Fsp3) is 0.500. The summed E-state index contributed by atoms with van der Waals surface area (Å²) >= 11 is 0. The number of rotatable bonds is 2. The summed E-state index contributed by atoms with van der Waals surface area (Å²) in [6.07, 6.45) is 3.11. The molecule has 1 aromatic carbocycles. The molecule has 0 unspecified atom stereocenters. The molecule has 104 valence electrons. The number of carbonyl (C=O) groups is 1. The van der Waals surface area contributed by atoms with E-state index in [2.05, 4.69) is 34.5 Å².